The molecule has 78 valence electrons. The maximum absolute atomic E-state index is 11.1. The van der Waals surface area contributed by atoms with E-state index in [0.717, 1.165) is 0 Å². The molecule has 0 bridgehead atoms. The van der Waals surface area contributed by atoms with E-state index in [1.165, 1.54) is 0 Å². The summed E-state index contributed by atoms with van der Waals surface area (Å²) in [5, 5.41) is 2.70. The molecular weight excluding hydrogens is 182 g/mol. The zero-order valence-corrected chi connectivity index (χ0v) is 7.89. The van der Waals surface area contributed by atoms with Gasteiger partial charge in [-0.25, -0.2) is 4.98 Å². The molecule has 5 N–H and O–H groups in total. The van der Waals surface area contributed by atoms with E-state index in [4.69, 9.17) is 11.5 Å². The lowest BCUT2D eigenvalue weighted by atomic mass is 10.3. The summed E-state index contributed by atoms with van der Waals surface area (Å²) < 4.78 is 1.88. The Labute approximate surface area is 82.3 Å². The Bertz CT molecular complexity index is 269. The van der Waals surface area contributed by atoms with Crippen molar-refractivity contribution in [2.45, 2.75) is 19.1 Å². The highest BCUT2D eigenvalue weighted by atomic mass is 16.1. The van der Waals surface area contributed by atoms with Crippen molar-refractivity contribution in [3.63, 3.8) is 0 Å². The molecule has 0 aromatic carbocycles. The molecule has 0 radical (unpaired) electrons. The van der Waals surface area contributed by atoms with Crippen molar-refractivity contribution in [1.82, 2.24) is 14.9 Å². The zero-order valence-electron chi connectivity index (χ0n) is 7.89. The van der Waals surface area contributed by atoms with Crippen LogP contribution in [0.3, 0.4) is 0 Å². The Morgan fingerprint density at radius 2 is 2.36 bits per heavy atom. The average molecular weight is 197 g/mol. The van der Waals surface area contributed by atoms with Gasteiger partial charge in [-0.15, -0.1) is 0 Å². The van der Waals surface area contributed by atoms with Crippen molar-refractivity contribution in [2.75, 3.05) is 6.54 Å². The zero-order chi connectivity index (χ0) is 10.4. The molecule has 0 atom stereocenters. The number of nitrogens with one attached hydrogen (secondary N) is 1. The number of rotatable bonds is 5. The third-order valence-electron chi connectivity index (χ3n) is 1.67. The topological polar surface area (TPSA) is 99.0 Å². The molecule has 0 aliphatic rings. The summed E-state index contributed by atoms with van der Waals surface area (Å²) in [6, 6.07) is 0. The van der Waals surface area contributed by atoms with E-state index in [-0.39, 0.29) is 12.3 Å². The Morgan fingerprint density at radius 3 is 2.93 bits per heavy atom. The van der Waals surface area contributed by atoms with Crippen LogP contribution in [0.4, 0.5) is 0 Å². The van der Waals surface area contributed by atoms with Crippen molar-refractivity contribution in [3.8, 4) is 0 Å². The molecule has 0 saturated heterocycles. The van der Waals surface area contributed by atoms with Gasteiger partial charge in [0.05, 0.1) is 18.9 Å². The third kappa shape index (κ3) is 4.01. The molecule has 1 rings (SSSR count). The number of hydrogen-bond acceptors (Lipinski definition) is 4. The minimum atomic E-state index is -0.580. The molecule has 1 aromatic rings. The van der Waals surface area contributed by atoms with Gasteiger partial charge in [0.15, 0.2) is 0 Å². The molecule has 6 heteroatoms. The van der Waals surface area contributed by atoms with Gasteiger partial charge in [-0.3, -0.25) is 4.79 Å². The largest absolute Gasteiger partial charge is 0.354 e. The predicted octanol–water partition coefficient (Wildman–Crippen LogP) is -1.37. The lowest BCUT2D eigenvalue weighted by Crippen LogP contribution is -2.38. The van der Waals surface area contributed by atoms with Crippen molar-refractivity contribution in [2.24, 2.45) is 11.5 Å². The summed E-state index contributed by atoms with van der Waals surface area (Å²) in [6.45, 7) is 1.26. The van der Waals surface area contributed by atoms with Crippen LogP contribution in [0.1, 0.15) is 6.42 Å². The number of amides is 1. The van der Waals surface area contributed by atoms with Gasteiger partial charge in [0.1, 0.15) is 0 Å². The predicted molar refractivity (Wildman–Crippen MR) is 52.0 cm³/mol. The van der Waals surface area contributed by atoms with Gasteiger partial charge in [0.2, 0.25) is 5.91 Å². The number of nitrogens with zero attached hydrogens (tertiary/aromatic N) is 2. The minimum Gasteiger partial charge on any atom is -0.354 e. The van der Waals surface area contributed by atoms with Crippen LogP contribution in [0, 0.1) is 0 Å². The lowest BCUT2D eigenvalue weighted by molar-refractivity contribution is -0.121. The molecule has 0 fully saturated rings. The number of carbonyl (C=O) groups excluding carboxylic acids is 1. The minimum absolute atomic E-state index is 0.125. The molecular formula is C8H15N5O. The van der Waals surface area contributed by atoms with E-state index < -0.39 is 6.17 Å². The van der Waals surface area contributed by atoms with Crippen LogP contribution in [0.2, 0.25) is 0 Å². The highest BCUT2D eigenvalue weighted by Crippen LogP contribution is 1.85. The van der Waals surface area contributed by atoms with Crippen molar-refractivity contribution < 1.29 is 4.79 Å². The Hall–Kier alpha value is -1.40. The molecule has 0 unspecified atom stereocenters. The summed E-state index contributed by atoms with van der Waals surface area (Å²) in [7, 11) is 0. The number of hydrogen-bond donors (Lipinski definition) is 3. The first-order chi connectivity index (χ1) is 6.68. The second-order valence-electron chi connectivity index (χ2n) is 3.02. The Kier molecular flexibility index (Phi) is 4.09. The van der Waals surface area contributed by atoms with Crippen LogP contribution in [0.5, 0.6) is 0 Å². The Balaban J connectivity index is 2.12. The maximum Gasteiger partial charge on any atom is 0.222 e. The molecule has 1 amide bonds. The van der Waals surface area contributed by atoms with Crippen LogP contribution < -0.4 is 16.8 Å². The molecule has 14 heavy (non-hydrogen) atoms. The van der Waals surface area contributed by atoms with Gasteiger partial charge < -0.3 is 21.4 Å². The number of aromatic nitrogens is 2. The van der Waals surface area contributed by atoms with Crippen LogP contribution in [0.15, 0.2) is 18.7 Å². The van der Waals surface area contributed by atoms with Crippen molar-refractivity contribution >= 4 is 5.91 Å². The smallest absolute Gasteiger partial charge is 0.222 e. The lowest BCUT2D eigenvalue weighted by Gasteiger charge is -2.07. The molecule has 6 nitrogen and oxygen atoms in total. The number of nitrogens with two attached hydrogens (primary N) is 2. The maximum atomic E-state index is 11.1. The second-order valence-corrected chi connectivity index (χ2v) is 3.02. The normalized spacial score (nSPS) is 10.5. The van der Waals surface area contributed by atoms with Crippen LogP contribution in [0.25, 0.3) is 0 Å². The van der Waals surface area contributed by atoms with Crippen molar-refractivity contribution in [3.05, 3.63) is 18.7 Å². The third-order valence-corrected chi connectivity index (χ3v) is 1.67. The van der Waals surface area contributed by atoms with Gasteiger partial charge in [-0.1, -0.05) is 0 Å². The highest BCUT2D eigenvalue weighted by molar-refractivity contribution is 5.76. The highest BCUT2D eigenvalue weighted by Gasteiger charge is 2.03. The van der Waals surface area contributed by atoms with Gasteiger partial charge in [0, 0.05) is 25.5 Å². The van der Waals surface area contributed by atoms with E-state index >= 15 is 0 Å². The van der Waals surface area contributed by atoms with Crippen LogP contribution in [-0.4, -0.2) is 28.2 Å². The van der Waals surface area contributed by atoms with E-state index in [1.54, 1.807) is 12.5 Å². The second kappa shape index (κ2) is 5.36. The molecule has 1 aromatic heterocycles. The number of imidazole rings is 1. The van der Waals surface area contributed by atoms with Gasteiger partial charge in [-0.05, 0) is 0 Å². The molecule has 0 aliphatic carbocycles. The summed E-state index contributed by atoms with van der Waals surface area (Å²) in [6.07, 6.45) is 4.80. The molecule has 0 saturated carbocycles. The fraction of sp³-hybridized carbons (Fsp3) is 0.500. The first-order valence-electron chi connectivity index (χ1n) is 4.42. The first kappa shape index (κ1) is 10.7. The summed E-state index contributed by atoms with van der Waals surface area (Å²) in [5.41, 5.74) is 10.5. The van der Waals surface area contributed by atoms with Crippen LogP contribution in [-0.2, 0) is 11.3 Å². The fourth-order valence-electron chi connectivity index (χ4n) is 1.03. The average Bonchev–Trinajstić information content (AvgIpc) is 2.55. The van der Waals surface area contributed by atoms with E-state index in [9.17, 15) is 4.79 Å². The molecule has 0 spiro atoms. The summed E-state index contributed by atoms with van der Waals surface area (Å²) in [4.78, 5) is 15.0. The first-order valence-corrected chi connectivity index (χ1v) is 4.42. The Morgan fingerprint density at radius 1 is 1.57 bits per heavy atom. The standard InChI is InChI=1S/C8H15N5O/c9-7(10)5-8(14)12-2-4-13-3-1-11-6-13/h1,3,6-7H,2,4-5,9-10H2,(H,12,14). The van der Waals surface area contributed by atoms with Gasteiger partial charge >= 0.3 is 0 Å². The molecule has 0 aliphatic heterocycles. The van der Waals surface area contributed by atoms with Gasteiger partial charge in [0.25, 0.3) is 0 Å². The SMILES string of the molecule is NC(N)CC(=O)NCCn1ccnc1. The van der Waals surface area contributed by atoms with E-state index in [0.29, 0.717) is 13.1 Å². The summed E-state index contributed by atoms with van der Waals surface area (Å²) >= 11 is 0. The fourth-order valence-corrected chi connectivity index (χ4v) is 1.03. The van der Waals surface area contributed by atoms with Gasteiger partial charge in [-0.2, -0.15) is 0 Å². The quantitative estimate of drug-likeness (QED) is 0.507. The summed E-state index contributed by atoms with van der Waals surface area (Å²) in [5.74, 6) is -0.125. The van der Waals surface area contributed by atoms with Crippen LogP contribution >= 0.6 is 0 Å². The van der Waals surface area contributed by atoms with Crippen molar-refractivity contribution in [1.29, 1.82) is 0 Å². The monoisotopic (exact) mass is 197 g/mol. The number of carbonyl (C=O) groups is 1. The van der Waals surface area contributed by atoms with E-state index in [2.05, 4.69) is 10.3 Å². The van der Waals surface area contributed by atoms with E-state index in [1.807, 2.05) is 10.8 Å². The molecule has 1 heterocycles.